The van der Waals surface area contributed by atoms with Gasteiger partial charge in [0, 0.05) is 19.2 Å². The number of rotatable bonds is 4. The molecule has 0 saturated carbocycles. The van der Waals surface area contributed by atoms with E-state index in [9.17, 15) is 38.0 Å². The third kappa shape index (κ3) is 3.39. The van der Waals surface area contributed by atoms with Crippen molar-refractivity contribution >= 4 is 17.7 Å². The summed E-state index contributed by atoms with van der Waals surface area (Å²) in [5, 5.41) is 23.5. The van der Waals surface area contributed by atoms with Crippen LogP contribution in [0.25, 0.3) is 0 Å². The molecule has 2 amide bonds. The number of nitrogens with one attached hydrogen (secondary N) is 1. The number of carbonyl (C=O) groups is 2. The Morgan fingerprint density at radius 1 is 1.48 bits per heavy atom. The molecule has 0 aliphatic carbocycles. The van der Waals surface area contributed by atoms with Gasteiger partial charge in [-0.05, 0) is 12.5 Å². The van der Waals surface area contributed by atoms with Gasteiger partial charge in [-0.3, -0.25) is 19.8 Å². The molecule has 9 nitrogen and oxygen atoms in total. The van der Waals surface area contributed by atoms with E-state index in [1.807, 2.05) is 0 Å². The number of carbonyl (C=O) groups excluding carboxylic acids is 2. The van der Waals surface area contributed by atoms with Crippen LogP contribution in [0, 0.1) is 16.0 Å². The molecule has 0 unspecified atom stereocenters. The minimum atomic E-state index is -5.41. The van der Waals surface area contributed by atoms with Crippen LogP contribution in [0.4, 0.5) is 23.7 Å². The summed E-state index contributed by atoms with van der Waals surface area (Å²) >= 11 is 0. The average Bonchev–Trinajstić information content (AvgIpc) is 2.58. The van der Waals surface area contributed by atoms with Crippen LogP contribution in [0.2, 0.25) is 0 Å². The Bertz CT molecular complexity index is 771. The van der Waals surface area contributed by atoms with Gasteiger partial charge in [0.15, 0.2) is 0 Å². The molecule has 0 bridgehead atoms. The number of nitro groups is 1. The molecule has 1 heterocycles. The fourth-order valence-corrected chi connectivity index (χ4v) is 2.92. The zero-order valence-electron chi connectivity index (χ0n) is 14.2. The van der Waals surface area contributed by atoms with Crippen LogP contribution in [0.5, 0.6) is 0 Å². The van der Waals surface area contributed by atoms with Crippen LogP contribution in [0.15, 0.2) is 24.3 Å². The van der Waals surface area contributed by atoms with Crippen molar-refractivity contribution in [3.8, 4) is 0 Å². The maximum Gasteiger partial charge on any atom is 0.437 e. The van der Waals surface area contributed by atoms with Gasteiger partial charge in [0.1, 0.15) is 5.92 Å². The average molecular weight is 391 g/mol. The lowest BCUT2D eigenvalue weighted by molar-refractivity contribution is -0.385. The molecule has 0 spiro atoms. The maximum absolute atomic E-state index is 13.7. The Morgan fingerprint density at radius 2 is 2.11 bits per heavy atom. The summed E-state index contributed by atoms with van der Waals surface area (Å²) in [4.78, 5) is 34.5. The summed E-state index contributed by atoms with van der Waals surface area (Å²) in [6.07, 6.45) is -5.41. The number of nitro benzene ring substituents is 1. The maximum atomic E-state index is 13.7. The lowest BCUT2D eigenvalue weighted by Crippen LogP contribution is -2.73. The van der Waals surface area contributed by atoms with Gasteiger partial charge in [0.05, 0.1) is 17.6 Å². The van der Waals surface area contributed by atoms with E-state index in [4.69, 9.17) is 0 Å². The summed E-state index contributed by atoms with van der Waals surface area (Å²) in [5.41, 5.74) is -4.50. The van der Waals surface area contributed by atoms with E-state index in [1.54, 1.807) is 0 Å². The van der Waals surface area contributed by atoms with Crippen molar-refractivity contribution in [1.82, 2.24) is 10.2 Å². The third-order valence-corrected chi connectivity index (χ3v) is 4.26. The Morgan fingerprint density at radius 3 is 2.63 bits per heavy atom. The number of hydrogen-bond donors (Lipinski definition) is 2. The number of benzene rings is 1. The molecular weight excluding hydrogens is 375 g/mol. The van der Waals surface area contributed by atoms with Crippen LogP contribution in [-0.4, -0.2) is 52.5 Å². The molecule has 148 valence electrons. The second-order valence-corrected chi connectivity index (χ2v) is 5.79. The van der Waals surface area contributed by atoms with E-state index in [1.165, 1.54) is 19.1 Å². The van der Waals surface area contributed by atoms with E-state index >= 15 is 0 Å². The molecule has 1 saturated heterocycles. The largest absolute Gasteiger partial charge is 0.466 e. The second-order valence-electron chi connectivity index (χ2n) is 5.79. The fourth-order valence-electron chi connectivity index (χ4n) is 2.92. The molecule has 12 heteroatoms. The van der Waals surface area contributed by atoms with Gasteiger partial charge in [0.25, 0.3) is 11.4 Å². The lowest BCUT2D eigenvalue weighted by Gasteiger charge is -2.49. The van der Waals surface area contributed by atoms with Crippen LogP contribution in [-0.2, 0) is 9.53 Å². The minimum Gasteiger partial charge on any atom is -0.466 e. The highest BCUT2D eigenvalue weighted by Gasteiger charge is 2.69. The van der Waals surface area contributed by atoms with Gasteiger partial charge in [-0.15, -0.1) is 0 Å². The molecule has 1 aromatic carbocycles. The molecule has 2 rings (SSSR count). The van der Waals surface area contributed by atoms with Crippen LogP contribution in [0.1, 0.15) is 18.5 Å². The number of amides is 2. The highest BCUT2D eigenvalue weighted by molar-refractivity contribution is 5.83. The monoisotopic (exact) mass is 391 g/mol. The standard InChI is InChI=1S/C15H16F3N3O6/c1-3-27-12(22)10-11(8-5-4-6-9(7-8)21(25)26)19-13(23)20(2)14(10,24)15(16,17)18/h4-7,10-11,24H,3H2,1-2H3,(H,19,23)/t10-,11+,14+/m1/s1. The number of hydrogen-bond acceptors (Lipinski definition) is 6. The topological polar surface area (TPSA) is 122 Å². The quantitative estimate of drug-likeness (QED) is 0.458. The number of urea groups is 1. The highest BCUT2D eigenvalue weighted by atomic mass is 19.4. The Balaban J connectivity index is 2.67. The molecule has 1 fully saturated rings. The third-order valence-electron chi connectivity index (χ3n) is 4.26. The summed E-state index contributed by atoms with van der Waals surface area (Å²) in [6, 6.07) is 1.37. The molecule has 2 N–H and O–H groups in total. The number of esters is 1. The molecule has 27 heavy (non-hydrogen) atoms. The first kappa shape index (κ1) is 20.4. The van der Waals surface area contributed by atoms with Crippen molar-refractivity contribution in [1.29, 1.82) is 0 Å². The molecule has 1 aliphatic heterocycles. The fraction of sp³-hybridized carbons (Fsp3) is 0.467. The molecule has 0 aromatic heterocycles. The van der Waals surface area contributed by atoms with E-state index in [0.29, 0.717) is 7.05 Å². The van der Waals surface area contributed by atoms with Crippen LogP contribution >= 0.6 is 0 Å². The van der Waals surface area contributed by atoms with Crippen molar-refractivity contribution in [2.24, 2.45) is 5.92 Å². The van der Waals surface area contributed by atoms with Gasteiger partial charge >= 0.3 is 18.2 Å². The molecular formula is C15H16F3N3O6. The summed E-state index contributed by atoms with van der Waals surface area (Å²) in [5.74, 6) is -3.73. The van der Waals surface area contributed by atoms with Crippen molar-refractivity contribution in [2.45, 2.75) is 24.9 Å². The van der Waals surface area contributed by atoms with Gasteiger partial charge in [-0.2, -0.15) is 13.2 Å². The Kier molecular flexibility index (Phi) is 5.31. The number of ether oxygens (including phenoxy) is 1. The summed E-state index contributed by atoms with van der Waals surface area (Å²) in [6.45, 7) is 1.08. The van der Waals surface area contributed by atoms with Crippen molar-refractivity contribution in [3.63, 3.8) is 0 Å². The first-order valence-corrected chi connectivity index (χ1v) is 7.69. The molecule has 1 aromatic rings. The number of non-ortho nitro benzene ring substituents is 1. The summed E-state index contributed by atoms with van der Waals surface area (Å²) < 4.78 is 45.8. The number of nitrogens with zero attached hydrogens (tertiary/aromatic N) is 2. The minimum absolute atomic E-state index is 0.0392. The normalized spacial score (nSPS) is 25.7. The van der Waals surface area contributed by atoms with Gasteiger partial charge in [0.2, 0.25) is 0 Å². The summed E-state index contributed by atoms with van der Waals surface area (Å²) in [7, 11) is 0.679. The lowest BCUT2D eigenvalue weighted by atomic mass is 9.81. The molecule has 0 radical (unpaired) electrons. The predicted molar refractivity (Wildman–Crippen MR) is 83.3 cm³/mol. The first-order valence-electron chi connectivity index (χ1n) is 7.69. The number of aliphatic hydroxyl groups is 1. The first-order chi connectivity index (χ1) is 12.4. The van der Waals surface area contributed by atoms with Crippen molar-refractivity contribution in [3.05, 3.63) is 39.9 Å². The van der Waals surface area contributed by atoms with Crippen LogP contribution in [0.3, 0.4) is 0 Å². The number of halogens is 3. The molecule has 3 atom stereocenters. The van der Waals surface area contributed by atoms with Gasteiger partial charge in [-0.1, -0.05) is 12.1 Å². The van der Waals surface area contributed by atoms with Crippen molar-refractivity contribution in [2.75, 3.05) is 13.7 Å². The van der Waals surface area contributed by atoms with Crippen LogP contribution < -0.4 is 5.32 Å². The zero-order chi connectivity index (χ0) is 20.6. The van der Waals surface area contributed by atoms with E-state index < -0.39 is 46.5 Å². The second kappa shape index (κ2) is 7.02. The van der Waals surface area contributed by atoms with E-state index in [2.05, 4.69) is 10.1 Å². The zero-order valence-corrected chi connectivity index (χ0v) is 14.2. The van der Waals surface area contributed by atoms with E-state index in [0.717, 1.165) is 12.1 Å². The Labute approximate surface area is 150 Å². The number of alkyl halides is 3. The predicted octanol–water partition coefficient (Wildman–Crippen LogP) is 1.72. The smallest absolute Gasteiger partial charge is 0.437 e. The Hall–Kier alpha value is -2.89. The highest BCUT2D eigenvalue weighted by Crippen LogP contribution is 2.47. The van der Waals surface area contributed by atoms with Gasteiger partial charge < -0.3 is 15.2 Å². The molecule has 1 aliphatic rings. The van der Waals surface area contributed by atoms with Crippen molar-refractivity contribution < 1.29 is 37.5 Å². The SMILES string of the molecule is CCOC(=O)[C@H]1[C@H](c2cccc([N+](=O)[O-])c2)NC(=O)N(C)[C@@]1(O)C(F)(F)F. The van der Waals surface area contributed by atoms with Gasteiger partial charge in [-0.25, -0.2) is 4.79 Å². The van der Waals surface area contributed by atoms with E-state index in [-0.39, 0.29) is 17.1 Å².